The Kier molecular flexibility index (Phi) is 1.66. The highest BCUT2D eigenvalue weighted by Crippen LogP contribution is 2.43. The molecule has 0 aromatic heterocycles. The summed E-state index contributed by atoms with van der Waals surface area (Å²) in [7, 11) is -3.53. The summed E-state index contributed by atoms with van der Waals surface area (Å²) in [5.41, 5.74) is 0. The minimum Gasteiger partial charge on any atom is -0.320 e. The van der Waals surface area contributed by atoms with Crippen LogP contribution in [-0.4, -0.2) is 29.1 Å². The lowest BCUT2D eigenvalue weighted by Gasteiger charge is -2.10. The first-order valence-corrected chi connectivity index (χ1v) is 4.25. The highest BCUT2D eigenvalue weighted by molar-refractivity contribution is 7.52. The van der Waals surface area contributed by atoms with Crippen LogP contribution in [0.15, 0.2) is 0 Å². The lowest BCUT2D eigenvalue weighted by atomic mass is 10.7. The van der Waals surface area contributed by atoms with E-state index in [1.54, 1.807) is 0 Å². The van der Waals surface area contributed by atoms with Crippen LogP contribution < -0.4 is 0 Å². The smallest absolute Gasteiger partial charge is 0.320 e. The van der Waals surface area contributed by atoms with Gasteiger partial charge in [-0.15, -0.1) is 0 Å². The van der Waals surface area contributed by atoms with Gasteiger partial charge in [-0.2, -0.15) is 0 Å². The molecule has 1 N–H and O–H groups in total. The van der Waals surface area contributed by atoms with E-state index in [0.717, 1.165) is 0 Å². The van der Waals surface area contributed by atoms with Crippen LogP contribution in [0.1, 0.15) is 0 Å². The molecule has 1 aliphatic rings. The van der Waals surface area contributed by atoms with Crippen molar-refractivity contribution in [3.8, 4) is 0 Å². The zero-order chi connectivity index (χ0) is 6.91. The van der Waals surface area contributed by atoms with E-state index in [9.17, 15) is 9.47 Å². The van der Waals surface area contributed by atoms with Crippen LogP contribution in [-0.2, 0) is 9.09 Å². The summed E-state index contributed by atoms with van der Waals surface area (Å²) in [6.45, 7) is 0.238. The SMILES string of the molecule is O=[N+]1CCOP(=O)(O)C1. The van der Waals surface area contributed by atoms with Gasteiger partial charge in [0.2, 0.25) is 6.54 Å². The quantitative estimate of drug-likeness (QED) is 0.390. The molecule has 1 fully saturated rings. The van der Waals surface area contributed by atoms with Crippen molar-refractivity contribution in [2.75, 3.05) is 19.4 Å². The molecule has 0 radical (unpaired) electrons. The van der Waals surface area contributed by atoms with E-state index in [2.05, 4.69) is 4.52 Å². The van der Waals surface area contributed by atoms with Gasteiger partial charge >= 0.3 is 7.60 Å². The van der Waals surface area contributed by atoms with Crippen LogP contribution >= 0.6 is 7.60 Å². The Morgan fingerprint density at radius 3 is 2.67 bits per heavy atom. The molecule has 1 atom stereocenters. The fourth-order valence-electron chi connectivity index (χ4n) is 0.596. The maximum absolute atomic E-state index is 10.5. The Labute approximate surface area is 51.7 Å². The third-order valence-corrected chi connectivity index (χ3v) is 2.23. The van der Waals surface area contributed by atoms with Crippen molar-refractivity contribution in [3.63, 3.8) is 0 Å². The predicted octanol–water partition coefficient (Wildman–Crippen LogP) is -0.0616. The first-order valence-electron chi connectivity index (χ1n) is 2.49. The number of hydrogen-bond acceptors (Lipinski definition) is 3. The molecule has 5 nitrogen and oxygen atoms in total. The van der Waals surface area contributed by atoms with Crippen molar-refractivity contribution in [2.24, 2.45) is 0 Å². The molecule has 52 valence electrons. The Morgan fingerprint density at radius 1 is 1.67 bits per heavy atom. The maximum atomic E-state index is 10.5. The van der Waals surface area contributed by atoms with Gasteiger partial charge < -0.3 is 4.89 Å². The van der Waals surface area contributed by atoms with Crippen LogP contribution in [0.25, 0.3) is 0 Å². The summed E-state index contributed by atoms with van der Waals surface area (Å²) in [5.74, 6) is 0. The average molecular weight is 152 g/mol. The minimum absolute atomic E-state index is 0.0529. The summed E-state index contributed by atoms with van der Waals surface area (Å²) < 4.78 is 15.5. The van der Waals surface area contributed by atoms with Gasteiger partial charge in [0, 0.05) is 9.67 Å². The fourth-order valence-corrected chi connectivity index (χ4v) is 1.58. The Bertz CT molecular complexity index is 179. The van der Waals surface area contributed by atoms with E-state index in [1.807, 2.05) is 0 Å². The Balaban J connectivity index is 2.62. The molecule has 1 saturated heterocycles. The first kappa shape index (κ1) is 6.86. The lowest BCUT2D eigenvalue weighted by molar-refractivity contribution is -0.541. The largest absolute Gasteiger partial charge is 0.396 e. The lowest BCUT2D eigenvalue weighted by Crippen LogP contribution is -2.22. The number of rotatable bonds is 0. The third-order valence-electron chi connectivity index (χ3n) is 0.970. The van der Waals surface area contributed by atoms with Gasteiger partial charge in [-0.05, 0) is 0 Å². The molecule has 9 heavy (non-hydrogen) atoms. The zero-order valence-corrected chi connectivity index (χ0v) is 5.58. The second-order valence-corrected chi connectivity index (χ2v) is 3.63. The molecule has 1 aliphatic heterocycles. The summed E-state index contributed by atoms with van der Waals surface area (Å²) in [4.78, 5) is 19.0. The molecule has 1 rings (SSSR count). The van der Waals surface area contributed by atoms with E-state index in [1.165, 1.54) is 0 Å². The van der Waals surface area contributed by atoms with Gasteiger partial charge in [0.1, 0.15) is 6.61 Å². The topological polar surface area (TPSA) is 66.6 Å². The van der Waals surface area contributed by atoms with Crippen molar-refractivity contribution in [2.45, 2.75) is 0 Å². The molecule has 0 aromatic carbocycles. The zero-order valence-electron chi connectivity index (χ0n) is 4.69. The fraction of sp³-hybridized carbons (Fsp3) is 1.00. The van der Waals surface area contributed by atoms with Crippen LogP contribution in [0.5, 0.6) is 0 Å². The molecule has 0 spiro atoms. The Morgan fingerprint density at radius 2 is 2.33 bits per heavy atom. The maximum Gasteiger partial charge on any atom is 0.396 e. The molecule has 0 saturated carbocycles. The predicted molar refractivity (Wildman–Crippen MR) is 29.1 cm³/mol. The van der Waals surface area contributed by atoms with Gasteiger partial charge in [0.25, 0.3) is 6.29 Å². The second-order valence-electron chi connectivity index (χ2n) is 1.82. The van der Waals surface area contributed by atoms with Gasteiger partial charge in [-0.3, -0.25) is 9.09 Å². The van der Waals surface area contributed by atoms with E-state index in [4.69, 9.17) is 4.89 Å². The van der Waals surface area contributed by atoms with Crippen molar-refractivity contribution in [1.29, 1.82) is 0 Å². The molecular formula is C3H7NO4P+. The van der Waals surface area contributed by atoms with Crippen molar-refractivity contribution < 1.29 is 18.7 Å². The normalized spacial score (nSPS) is 36.8. The molecule has 0 amide bonds. The molecule has 1 heterocycles. The Hall–Kier alpha value is -0.250. The van der Waals surface area contributed by atoms with Crippen molar-refractivity contribution >= 4 is 7.60 Å². The van der Waals surface area contributed by atoms with Gasteiger partial charge in [0.05, 0.1) is 0 Å². The van der Waals surface area contributed by atoms with Crippen LogP contribution in [0.2, 0.25) is 0 Å². The monoisotopic (exact) mass is 152 g/mol. The number of nitrogens with zero attached hydrogens (tertiary/aromatic N) is 1. The highest BCUT2D eigenvalue weighted by Gasteiger charge is 2.34. The van der Waals surface area contributed by atoms with Crippen LogP contribution in [0.3, 0.4) is 0 Å². The van der Waals surface area contributed by atoms with Gasteiger partial charge in [0.15, 0.2) is 0 Å². The minimum atomic E-state index is -3.53. The molecule has 0 aliphatic carbocycles. The van der Waals surface area contributed by atoms with Crippen molar-refractivity contribution in [1.82, 2.24) is 0 Å². The van der Waals surface area contributed by atoms with Gasteiger partial charge in [-0.1, -0.05) is 0 Å². The summed E-state index contributed by atoms with van der Waals surface area (Å²) >= 11 is 0. The summed E-state index contributed by atoms with van der Waals surface area (Å²) in [6, 6.07) is 0. The summed E-state index contributed by atoms with van der Waals surface area (Å²) in [5, 5.41) is 0. The summed E-state index contributed by atoms with van der Waals surface area (Å²) in [6.07, 6.45) is -0.396. The standard InChI is InChI=1S/C3H6NO4P/c5-4-1-2-8-9(6,7)3-4/h1-3H2/p+1. The van der Waals surface area contributed by atoms with E-state index >= 15 is 0 Å². The van der Waals surface area contributed by atoms with E-state index < -0.39 is 13.9 Å². The number of nitroso groups, excluding NO2 is 1. The first-order chi connectivity index (χ1) is 4.10. The van der Waals surface area contributed by atoms with Crippen LogP contribution in [0.4, 0.5) is 0 Å². The van der Waals surface area contributed by atoms with Crippen LogP contribution in [0, 0.1) is 4.91 Å². The molecule has 6 heteroatoms. The molecule has 1 unspecified atom stereocenters. The van der Waals surface area contributed by atoms with E-state index in [0.29, 0.717) is 4.76 Å². The van der Waals surface area contributed by atoms with E-state index in [-0.39, 0.29) is 13.2 Å². The van der Waals surface area contributed by atoms with Crippen molar-refractivity contribution in [3.05, 3.63) is 4.91 Å². The highest BCUT2D eigenvalue weighted by atomic mass is 31.2. The second kappa shape index (κ2) is 2.17. The average Bonchev–Trinajstić information content (AvgIpc) is 1.60. The van der Waals surface area contributed by atoms with Gasteiger partial charge in [-0.25, -0.2) is 0 Å². The molecule has 0 aromatic rings. The molecule has 0 bridgehead atoms. The number of hydrogen-bond donors (Lipinski definition) is 1. The molecular weight excluding hydrogens is 145 g/mol. The third kappa shape index (κ3) is 1.86.